The van der Waals surface area contributed by atoms with Gasteiger partial charge in [-0.05, 0) is 49.6 Å². The molecule has 1 fully saturated rings. The van der Waals surface area contributed by atoms with E-state index in [1.807, 2.05) is 24.0 Å². The predicted octanol–water partition coefficient (Wildman–Crippen LogP) is 1.59. The van der Waals surface area contributed by atoms with Gasteiger partial charge in [-0.15, -0.1) is 5.10 Å². The molecule has 7 heteroatoms. The number of hydrogen-bond donors (Lipinski definition) is 0. The zero-order chi connectivity index (χ0) is 16.1. The van der Waals surface area contributed by atoms with Gasteiger partial charge in [-0.1, -0.05) is 6.42 Å². The number of rotatable bonds is 7. The zero-order valence-electron chi connectivity index (χ0n) is 14.2. The average Bonchev–Trinajstić information content (AvgIpc) is 3.15. The first-order valence-corrected chi connectivity index (χ1v) is 8.67. The zero-order valence-corrected chi connectivity index (χ0v) is 14.2. The highest BCUT2D eigenvalue weighted by molar-refractivity contribution is 4.92. The van der Waals surface area contributed by atoms with Gasteiger partial charge in [0, 0.05) is 45.0 Å². The van der Waals surface area contributed by atoms with Crippen LogP contribution in [-0.2, 0) is 20.0 Å². The Morgan fingerprint density at radius 1 is 1.26 bits per heavy atom. The van der Waals surface area contributed by atoms with E-state index >= 15 is 0 Å². The summed E-state index contributed by atoms with van der Waals surface area (Å²) in [6.07, 6.45) is 11.3. The van der Waals surface area contributed by atoms with Crippen LogP contribution in [0.4, 0.5) is 0 Å². The van der Waals surface area contributed by atoms with Crippen molar-refractivity contribution < 1.29 is 0 Å². The molecule has 0 radical (unpaired) electrons. The second-order valence-corrected chi connectivity index (χ2v) is 6.48. The Hall–Kier alpha value is -1.76. The quantitative estimate of drug-likeness (QED) is 0.776. The van der Waals surface area contributed by atoms with Gasteiger partial charge in [-0.3, -0.25) is 0 Å². The molecule has 0 bridgehead atoms. The summed E-state index contributed by atoms with van der Waals surface area (Å²) in [5.41, 5.74) is 0. The molecular weight excluding hydrogens is 290 g/mol. The smallest absolute Gasteiger partial charge is 0.148 e. The number of nitrogens with zero attached hydrogens (tertiary/aromatic N) is 7. The summed E-state index contributed by atoms with van der Waals surface area (Å²) < 4.78 is 4.03. The van der Waals surface area contributed by atoms with Gasteiger partial charge in [0.1, 0.15) is 11.6 Å². The highest BCUT2D eigenvalue weighted by Gasteiger charge is 2.22. The number of tetrazole rings is 1. The van der Waals surface area contributed by atoms with E-state index in [2.05, 4.69) is 37.0 Å². The molecule has 126 valence electrons. The molecule has 0 unspecified atom stereocenters. The molecule has 0 N–H and O–H groups in total. The molecular formula is C16H27N7. The fourth-order valence-electron chi connectivity index (χ4n) is 3.49. The van der Waals surface area contributed by atoms with Crippen molar-refractivity contribution in [3.63, 3.8) is 0 Å². The molecule has 3 rings (SSSR count). The Kier molecular flexibility index (Phi) is 5.38. The van der Waals surface area contributed by atoms with Crippen LogP contribution in [0.2, 0.25) is 0 Å². The lowest BCUT2D eigenvalue weighted by atomic mass is 9.97. The van der Waals surface area contributed by atoms with E-state index in [9.17, 15) is 0 Å². The van der Waals surface area contributed by atoms with Crippen molar-refractivity contribution in [2.75, 3.05) is 13.1 Å². The molecule has 0 aliphatic carbocycles. The van der Waals surface area contributed by atoms with Crippen molar-refractivity contribution in [3.05, 3.63) is 24.0 Å². The van der Waals surface area contributed by atoms with E-state index in [0.717, 1.165) is 31.8 Å². The van der Waals surface area contributed by atoms with Crippen LogP contribution in [0.3, 0.4) is 0 Å². The molecule has 7 nitrogen and oxygen atoms in total. The van der Waals surface area contributed by atoms with Crippen molar-refractivity contribution in [2.45, 2.75) is 58.0 Å². The van der Waals surface area contributed by atoms with Crippen LogP contribution >= 0.6 is 0 Å². The molecule has 3 heterocycles. The molecule has 2 aromatic heterocycles. The number of hydrogen-bond acceptors (Lipinski definition) is 5. The maximum Gasteiger partial charge on any atom is 0.148 e. The molecule has 0 spiro atoms. The number of aromatic nitrogens is 6. The number of likely N-dealkylation sites (tertiary alicyclic amines) is 1. The van der Waals surface area contributed by atoms with Crippen LogP contribution in [0.5, 0.6) is 0 Å². The third-order valence-corrected chi connectivity index (χ3v) is 4.90. The summed E-state index contributed by atoms with van der Waals surface area (Å²) >= 11 is 0. The van der Waals surface area contributed by atoms with Gasteiger partial charge >= 0.3 is 0 Å². The minimum atomic E-state index is 0.690. The molecule has 1 saturated heterocycles. The summed E-state index contributed by atoms with van der Waals surface area (Å²) in [5.74, 6) is 2.09. The minimum Gasteiger partial charge on any atom is -0.338 e. The van der Waals surface area contributed by atoms with Crippen LogP contribution in [0.15, 0.2) is 12.4 Å². The topological polar surface area (TPSA) is 64.7 Å². The normalized spacial score (nSPS) is 19.3. The lowest BCUT2D eigenvalue weighted by Gasteiger charge is -2.35. The first kappa shape index (κ1) is 16.1. The molecule has 1 atom stereocenters. The molecule has 1 aliphatic heterocycles. The number of imidazole rings is 1. The number of aryl methyl sites for hydroxylation is 4. The third-order valence-electron chi connectivity index (χ3n) is 4.90. The van der Waals surface area contributed by atoms with Crippen LogP contribution in [0, 0.1) is 6.92 Å². The molecule has 0 amide bonds. The summed E-state index contributed by atoms with van der Waals surface area (Å²) in [7, 11) is 2.08. The van der Waals surface area contributed by atoms with Crippen molar-refractivity contribution in [2.24, 2.45) is 7.05 Å². The first-order chi connectivity index (χ1) is 11.2. The molecule has 2 aromatic rings. The van der Waals surface area contributed by atoms with Gasteiger partial charge in [0.2, 0.25) is 0 Å². The van der Waals surface area contributed by atoms with Crippen LogP contribution in [0.1, 0.15) is 43.8 Å². The predicted molar refractivity (Wildman–Crippen MR) is 87.9 cm³/mol. The van der Waals surface area contributed by atoms with E-state index < -0.39 is 0 Å². The highest BCUT2D eigenvalue weighted by Crippen LogP contribution is 2.21. The highest BCUT2D eigenvalue weighted by atomic mass is 15.5. The van der Waals surface area contributed by atoms with E-state index in [4.69, 9.17) is 0 Å². The summed E-state index contributed by atoms with van der Waals surface area (Å²) in [6.45, 7) is 5.21. The summed E-state index contributed by atoms with van der Waals surface area (Å²) in [4.78, 5) is 7.11. The minimum absolute atomic E-state index is 0.690. The van der Waals surface area contributed by atoms with Crippen LogP contribution < -0.4 is 0 Å². The third kappa shape index (κ3) is 4.16. The van der Waals surface area contributed by atoms with Crippen molar-refractivity contribution in [1.82, 2.24) is 34.7 Å². The fraction of sp³-hybridized carbons (Fsp3) is 0.750. The van der Waals surface area contributed by atoms with Crippen molar-refractivity contribution in [3.8, 4) is 0 Å². The van der Waals surface area contributed by atoms with Crippen LogP contribution in [0.25, 0.3) is 0 Å². The average molecular weight is 317 g/mol. The van der Waals surface area contributed by atoms with Crippen molar-refractivity contribution in [1.29, 1.82) is 0 Å². The van der Waals surface area contributed by atoms with E-state index in [-0.39, 0.29) is 0 Å². The second kappa shape index (κ2) is 7.68. The molecule has 0 saturated carbocycles. The maximum atomic E-state index is 4.45. The van der Waals surface area contributed by atoms with Crippen molar-refractivity contribution >= 4 is 0 Å². The molecule has 1 aliphatic rings. The Labute approximate surface area is 137 Å². The SMILES string of the molecule is Cc1nnnn1CCCN1CCCC[C@@H]1CCc1nccn1C. The standard InChI is InChI=1S/C16H27N7/c1-14-18-19-20-23(14)12-5-11-22-10-4-3-6-15(22)7-8-16-17-9-13-21(16)2/h9,13,15H,3-8,10-12H2,1-2H3/t15-/m1/s1. The van der Waals surface area contributed by atoms with Crippen LogP contribution in [-0.4, -0.2) is 53.8 Å². The lowest BCUT2D eigenvalue weighted by Crippen LogP contribution is -2.40. The Bertz CT molecular complexity index is 603. The monoisotopic (exact) mass is 317 g/mol. The van der Waals surface area contributed by atoms with Gasteiger partial charge in [-0.2, -0.15) is 0 Å². The molecule has 0 aromatic carbocycles. The van der Waals surface area contributed by atoms with E-state index in [1.165, 1.54) is 38.1 Å². The summed E-state index contributed by atoms with van der Waals surface area (Å²) in [6, 6.07) is 0.690. The first-order valence-electron chi connectivity index (χ1n) is 8.67. The second-order valence-electron chi connectivity index (χ2n) is 6.48. The Morgan fingerprint density at radius 3 is 2.91 bits per heavy atom. The largest absolute Gasteiger partial charge is 0.338 e. The Balaban J connectivity index is 1.48. The Morgan fingerprint density at radius 2 is 2.17 bits per heavy atom. The van der Waals surface area contributed by atoms with Gasteiger partial charge in [0.25, 0.3) is 0 Å². The number of piperidine rings is 1. The van der Waals surface area contributed by atoms with Gasteiger partial charge in [-0.25, -0.2) is 9.67 Å². The summed E-state index contributed by atoms with van der Waals surface area (Å²) in [5, 5.41) is 11.7. The molecule has 23 heavy (non-hydrogen) atoms. The van der Waals surface area contributed by atoms with E-state index in [0.29, 0.717) is 6.04 Å². The lowest BCUT2D eigenvalue weighted by molar-refractivity contribution is 0.135. The van der Waals surface area contributed by atoms with E-state index in [1.54, 1.807) is 0 Å². The van der Waals surface area contributed by atoms with Gasteiger partial charge < -0.3 is 9.47 Å². The fourth-order valence-corrected chi connectivity index (χ4v) is 3.49. The maximum absolute atomic E-state index is 4.45. The van der Waals surface area contributed by atoms with Gasteiger partial charge in [0.05, 0.1) is 0 Å². The van der Waals surface area contributed by atoms with Gasteiger partial charge in [0.15, 0.2) is 0 Å².